The molecule has 1 fully saturated rings. The standard InChI is InChI=1S/C19H33N5.HI/c1-5-24-12-6-7-17(24)13-21-19(20)22-14-18(23(3)4)16-10-8-15(2)9-11-16;/h8-11,17-18H,5-7,12-14H2,1-4H3,(H3,20,21,22);1H. The molecule has 0 saturated carbocycles. The van der Waals surface area contributed by atoms with Gasteiger partial charge in [0.25, 0.3) is 0 Å². The molecule has 0 aliphatic carbocycles. The van der Waals surface area contributed by atoms with Gasteiger partial charge in [-0.05, 0) is 52.5 Å². The maximum absolute atomic E-state index is 6.09. The Balaban J connectivity index is 0.00000312. The monoisotopic (exact) mass is 459 g/mol. The van der Waals surface area contributed by atoms with E-state index >= 15 is 0 Å². The van der Waals surface area contributed by atoms with Gasteiger partial charge in [-0.3, -0.25) is 9.89 Å². The van der Waals surface area contributed by atoms with Crippen molar-refractivity contribution in [1.29, 1.82) is 0 Å². The van der Waals surface area contributed by atoms with Crippen molar-refractivity contribution in [2.75, 3.05) is 40.3 Å². The maximum Gasteiger partial charge on any atom is 0.188 e. The fourth-order valence-corrected chi connectivity index (χ4v) is 3.36. The molecule has 1 saturated heterocycles. The largest absolute Gasteiger partial charge is 0.370 e. The van der Waals surface area contributed by atoms with E-state index in [1.54, 1.807) is 0 Å². The van der Waals surface area contributed by atoms with Crippen LogP contribution in [0.1, 0.15) is 36.9 Å². The van der Waals surface area contributed by atoms with E-state index in [4.69, 9.17) is 5.73 Å². The van der Waals surface area contributed by atoms with Gasteiger partial charge in [0.2, 0.25) is 0 Å². The van der Waals surface area contributed by atoms with Crippen LogP contribution in [0, 0.1) is 6.92 Å². The van der Waals surface area contributed by atoms with Crippen molar-refractivity contribution in [2.24, 2.45) is 10.7 Å². The third-order valence-corrected chi connectivity index (χ3v) is 4.94. The van der Waals surface area contributed by atoms with Crippen LogP contribution in [0.25, 0.3) is 0 Å². The molecule has 25 heavy (non-hydrogen) atoms. The minimum Gasteiger partial charge on any atom is -0.370 e. The van der Waals surface area contributed by atoms with E-state index in [2.05, 4.69) is 72.3 Å². The summed E-state index contributed by atoms with van der Waals surface area (Å²) in [6.45, 7) is 8.20. The van der Waals surface area contributed by atoms with Crippen molar-refractivity contribution < 1.29 is 0 Å². The molecule has 1 aliphatic heterocycles. The minimum absolute atomic E-state index is 0. The van der Waals surface area contributed by atoms with Crippen LogP contribution >= 0.6 is 24.0 Å². The average Bonchev–Trinajstić information content (AvgIpc) is 3.02. The Hall–Kier alpha value is -0.860. The average molecular weight is 459 g/mol. The molecule has 2 rings (SSSR count). The van der Waals surface area contributed by atoms with Crippen LogP contribution in [-0.4, -0.2) is 62.1 Å². The Kier molecular flexibility index (Phi) is 9.74. The molecule has 0 radical (unpaired) electrons. The van der Waals surface area contributed by atoms with Crippen LogP contribution in [0.4, 0.5) is 0 Å². The van der Waals surface area contributed by atoms with Crippen molar-refractivity contribution in [2.45, 2.75) is 38.8 Å². The number of hydrogen-bond acceptors (Lipinski definition) is 3. The first kappa shape index (κ1) is 22.2. The van der Waals surface area contributed by atoms with Crippen molar-refractivity contribution in [3.05, 3.63) is 35.4 Å². The number of guanidine groups is 1. The van der Waals surface area contributed by atoms with Gasteiger partial charge in [-0.15, -0.1) is 24.0 Å². The second kappa shape index (κ2) is 11.0. The van der Waals surface area contributed by atoms with Gasteiger partial charge in [-0.2, -0.15) is 0 Å². The summed E-state index contributed by atoms with van der Waals surface area (Å²) in [7, 11) is 4.17. The number of likely N-dealkylation sites (tertiary alicyclic amines) is 1. The summed E-state index contributed by atoms with van der Waals surface area (Å²) < 4.78 is 0. The lowest BCUT2D eigenvalue weighted by Gasteiger charge is -2.24. The van der Waals surface area contributed by atoms with E-state index in [0.29, 0.717) is 18.5 Å². The van der Waals surface area contributed by atoms with Gasteiger partial charge in [0, 0.05) is 12.6 Å². The molecular weight excluding hydrogens is 425 g/mol. The zero-order valence-electron chi connectivity index (χ0n) is 16.0. The number of aryl methyl sites for hydroxylation is 1. The fraction of sp³-hybridized carbons (Fsp3) is 0.632. The molecule has 1 aromatic carbocycles. The molecule has 0 spiro atoms. The van der Waals surface area contributed by atoms with Crippen molar-refractivity contribution in [3.8, 4) is 0 Å². The van der Waals surface area contributed by atoms with E-state index in [0.717, 1.165) is 13.1 Å². The highest BCUT2D eigenvalue weighted by Crippen LogP contribution is 2.19. The fourth-order valence-electron chi connectivity index (χ4n) is 3.36. The van der Waals surface area contributed by atoms with Crippen molar-refractivity contribution in [3.63, 3.8) is 0 Å². The second-order valence-electron chi connectivity index (χ2n) is 6.92. The van der Waals surface area contributed by atoms with Crippen molar-refractivity contribution >= 4 is 29.9 Å². The van der Waals surface area contributed by atoms with Crippen LogP contribution in [-0.2, 0) is 0 Å². The van der Waals surface area contributed by atoms with Gasteiger partial charge in [-0.25, -0.2) is 0 Å². The summed E-state index contributed by atoms with van der Waals surface area (Å²) in [6, 6.07) is 9.48. The van der Waals surface area contributed by atoms with Crippen molar-refractivity contribution in [1.82, 2.24) is 15.1 Å². The van der Waals surface area contributed by atoms with Crippen LogP contribution < -0.4 is 11.1 Å². The predicted octanol–water partition coefficient (Wildman–Crippen LogP) is 2.60. The number of nitrogens with zero attached hydrogens (tertiary/aromatic N) is 3. The Morgan fingerprint density at radius 3 is 2.64 bits per heavy atom. The normalized spacial score (nSPS) is 19.7. The van der Waals surface area contributed by atoms with Gasteiger partial charge >= 0.3 is 0 Å². The number of aliphatic imine (C=N–C) groups is 1. The molecule has 0 bridgehead atoms. The zero-order valence-corrected chi connectivity index (χ0v) is 18.4. The molecule has 5 nitrogen and oxygen atoms in total. The third kappa shape index (κ3) is 6.75. The van der Waals surface area contributed by atoms with E-state index in [9.17, 15) is 0 Å². The highest BCUT2D eigenvalue weighted by Gasteiger charge is 2.22. The number of rotatable bonds is 7. The quantitative estimate of drug-likeness (QED) is 0.374. The molecule has 0 aromatic heterocycles. The lowest BCUT2D eigenvalue weighted by Crippen LogP contribution is -2.43. The van der Waals surface area contributed by atoms with Gasteiger partial charge in [0.15, 0.2) is 5.96 Å². The summed E-state index contributed by atoms with van der Waals surface area (Å²) >= 11 is 0. The van der Waals surface area contributed by atoms with E-state index < -0.39 is 0 Å². The van der Waals surface area contributed by atoms with E-state index in [1.165, 1.54) is 30.5 Å². The maximum atomic E-state index is 6.09. The van der Waals surface area contributed by atoms with E-state index in [-0.39, 0.29) is 30.0 Å². The van der Waals surface area contributed by atoms with Crippen LogP contribution in [0.15, 0.2) is 29.3 Å². The number of nitrogens with two attached hydrogens (primary N) is 1. The minimum atomic E-state index is 0. The van der Waals surface area contributed by atoms with E-state index in [1.807, 2.05) is 0 Å². The predicted molar refractivity (Wildman–Crippen MR) is 118 cm³/mol. The number of hydrogen-bond donors (Lipinski definition) is 2. The SMILES string of the molecule is CCN1CCCC1CNC(N)=NCC(c1ccc(C)cc1)N(C)C.I. The summed E-state index contributed by atoms with van der Waals surface area (Å²) in [5.41, 5.74) is 8.64. The van der Waals surface area contributed by atoms with Crippen LogP contribution in [0.5, 0.6) is 0 Å². The highest BCUT2D eigenvalue weighted by molar-refractivity contribution is 14.0. The Labute approximate surface area is 170 Å². The second-order valence-corrected chi connectivity index (χ2v) is 6.92. The molecule has 142 valence electrons. The first-order valence-electron chi connectivity index (χ1n) is 9.02. The first-order chi connectivity index (χ1) is 11.5. The molecule has 1 aromatic rings. The summed E-state index contributed by atoms with van der Waals surface area (Å²) in [5, 5.41) is 3.31. The molecule has 1 heterocycles. The molecular formula is C19H34IN5. The number of nitrogens with one attached hydrogen (secondary N) is 1. The Bertz CT molecular complexity index is 529. The van der Waals surface area contributed by atoms with Gasteiger partial charge < -0.3 is 16.0 Å². The van der Waals surface area contributed by atoms with Gasteiger partial charge in [0.1, 0.15) is 0 Å². The lowest BCUT2D eigenvalue weighted by molar-refractivity contribution is 0.267. The number of likely N-dealkylation sites (N-methyl/N-ethyl adjacent to an activating group) is 2. The lowest BCUT2D eigenvalue weighted by atomic mass is 10.0. The molecule has 2 atom stereocenters. The molecule has 1 aliphatic rings. The molecule has 6 heteroatoms. The van der Waals surface area contributed by atoms with Gasteiger partial charge in [-0.1, -0.05) is 36.8 Å². The highest BCUT2D eigenvalue weighted by atomic mass is 127. The van der Waals surface area contributed by atoms with Crippen LogP contribution in [0.3, 0.4) is 0 Å². The Morgan fingerprint density at radius 2 is 2.04 bits per heavy atom. The smallest absolute Gasteiger partial charge is 0.188 e. The number of benzene rings is 1. The van der Waals surface area contributed by atoms with Gasteiger partial charge in [0.05, 0.1) is 12.6 Å². The summed E-state index contributed by atoms with van der Waals surface area (Å²) in [4.78, 5) is 9.28. The summed E-state index contributed by atoms with van der Waals surface area (Å²) in [5.74, 6) is 0.553. The first-order valence-corrected chi connectivity index (χ1v) is 9.02. The summed E-state index contributed by atoms with van der Waals surface area (Å²) in [6.07, 6.45) is 2.53. The number of halogens is 1. The zero-order chi connectivity index (χ0) is 17.5. The topological polar surface area (TPSA) is 56.9 Å². The van der Waals surface area contributed by atoms with Crippen LogP contribution in [0.2, 0.25) is 0 Å². The molecule has 2 unspecified atom stereocenters. The Morgan fingerprint density at radius 1 is 1.36 bits per heavy atom. The molecule has 3 N–H and O–H groups in total. The third-order valence-electron chi connectivity index (χ3n) is 4.94. The molecule has 0 amide bonds.